The van der Waals surface area contributed by atoms with Crippen LogP contribution in [0.1, 0.15) is 18.1 Å². The number of esters is 1. The first-order chi connectivity index (χ1) is 10.7. The van der Waals surface area contributed by atoms with Crippen LogP contribution in [-0.2, 0) is 9.53 Å². The number of benzene rings is 2. The summed E-state index contributed by atoms with van der Waals surface area (Å²) in [7, 11) is 0. The van der Waals surface area contributed by atoms with Crippen molar-refractivity contribution in [2.75, 3.05) is 0 Å². The van der Waals surface area contributed by atoms with Crippen LogP contribution < -0.4 is 4.74 Å². The van der Waals surface area contributed by atoms with Crippen LogP contribution in [0.25, 0.3) is 0 Å². The first kappa shape index (κ1) is 15.6. The molecule has 0 bridgehead atoms. The van der Waals surface area contributed by atoms with E-state index >= 15 is 0 Å². The number of carbonyl (C=O) groups excluding carboxylic acids is 1. The summed E-state index contributed by atoms with van der Waals surface area (Å²) in [6.07, 6.45) is 2.99. The van der Waals surface area contributed by atoms with E-state index in [0.29, 0.717) is 12.2 Å². The molecule has 0 aliphatic carbocycles. The Morgan fingerprint density at radius 2 is 1.77 bits per heavy atom. The molecule has 0 radical (unpaired) electrons. The van der Waals surface area contributed by atoms with Crippen molar-refractivity contribution < 1.29 is 14.3 Å². The molecule has 0 aliphatic rings. The van der Waals surface area contributed by atoms with Crippen LogP contribution in [0.5, 0.6) is 11.5 Å². The molecule has 0 saturated carbocycles. The fourth-order valence-electron chi connectivity index (χ4n) is 1.99. The largest absolute Gasteiger partial charge is 0.457 e. The highest BCUT2D eigenvalue weighted by Crippen LogP contribution is 2.28. The van der Waals surface area contributed by atoms with Gasteiger partial charge in [0, 0.05) is 12.5 Å². The molecule has 2 rings (SSSR count). The molecule has 0 fully saturated rings. The number of para-hydroxylation sites is 1. The van der Waals surface area contributed by atoms with E-state index in [9.17, 15) is 4.79 Å². The monoisotopic (exact) mass is 294 g/mol. The van der Waals surface area contributed by atoms with Gasteiger partial charge >= 0.3 is 5.97 Å². The van der Waals surface area contributed by atoms with Gasteiger partial charge in [0.05, 0.1) is 0 Å². The van der Waals surface area contributed by atoms with Crippen LogP contribution in [0.15, 0.2) is 79.9 Å². The second-order valence-electron chi connectivity index (χ2n) is 4.64. The predicted octanol–water partition coefficient (Wildman–Crippen LogP) is 4.83. The lowest BCUT2D eigenvalue weighted by atomic mass is 10.1. The van der Waals surface area contributed by atoms with Crippen molar-refractivity contribution in [2.45, 2.75) is 12.5 Å². The van der Waals surface area contributed by atoms with E-state index in [1.54, 1.807) is 6.08 Å². The van der Waals surface area contributed by atoms with Gasteiger partial charge in [0.25, 0.3) is 0 Å². The van der Waals surface area contributed by atoms with Crippen molar-refractivity contribution >= 4 is 5.97 Å². The van der Waals surface area contributed by atoms with Crippen LogP contribution in [0, 0.1) is 0 Å². The summed E-state index contributed by atoms with van der Waals surface area (Å²) < 4.78 is 11.1. The van der Waals surface area contributed by atoms with Crippen molar-refractivity contribution in [3.8, 4) is 11.5 Å². The van der Waals surface area contributed by atoms with Gasteiger partial charge in [-0.25, -0.2) is 4.79 Å². The van der Waals surface area contributed by atoms with Crippen LogP contribution in [0.3, 0.4) is 0 Å². The first-order valence-electron chi connectivity index (χ1n) is 6.99. The van der Waals surface area contributed by atoms with E-state index in [4.69, 9.17) is 9.47 Å². The average Bonchev–Trinajstić information content (AvgIpc) is 2.55. The Morgan fingerprint density at radius 3 is 2.45 bits per heavy atom. The third-order valence-electron chi connectivity index (χ3n) is 3.01. The topological polar surface area (TPSA) is 35.5 Å². The zero-order chi connectivity index (χ0) is 15.8. The summed E-state index contributed by atoms with van der Waals surface area (Å²) in [5.74, 6) is 0.983. The molecule has 3 nitrogen and oxygen atoms in total. The van der Waals surface area contributed by atoms with Crippen molar-refractivity contribution in [1.29, 1.82) is 0 Å². The summed E-state index contributed by atoms with van der Waals surface area (Å²) in [6, 6.07) is 17.0. The zero-order valence-electron chi connectivity index (χ0n) is 12.3. The molecular weight excluding hydrogens is 276 g/mol. The molecular formula is C19H18O3. The molecule has 0 N–H and O–H groups in total. The second-order valence-corrected chi connectivity index (χ2v) is 4.64. The van der Waals surface area contributed by atoms with Gasteiger partial charge in [-0.15, -0.1) is 6.58 Å². The fraction of sp³-hybridized carbons (Fsp3) is 0.105. The minimum Gasteiger partial charge on any atom is -0.457 e. The number of ether oxygens (including phenoxy) is 2. The zero-order valence-corrected chi connectivity index (χ0v) is 12.3. The molecule has 1 atom stereocenters. The maximum absolute atomic E-state index is 11.4. The van der Waals surface area contributed by atoms with Crippen molar-refractivity contribution in [1.82, 2.24) is 0 Å². The van der Waals surface area contributed by atoms with E-state index in [-0.39, 0.29) is 0 Å². The summed E-state index contributed by atoms with van der Waals surface area (Å²) in [4.78, 5) is 11.4. The Hall–Kier alpha value is -2.81. The molecule has 0 spiro atoms. The minimum absolute atomic E-state index is 0.401. The highest BCUT2D eigenvalue weighted by Gasteiger charge is 2.14. The van der Waals surface area contributed by atoms with Gasteiger partial charge in [-0.05, 0) is 29.8 Å². The summed E-state index contributed by atoms with van der Waals surface area (Å²) in [6.45, 7) is 7.12. The highest BCUT2D eigenvalue weighted by molar-refractivity contribution is 5.81. The van der Waals surface area contributed by atoms with E-state index in [2.05, 4.69) is 13.2 Å². The van der Waals surface area contributed by atoms with Crippen LogP contribution in [0.4, 0.5) is 0 Å². The normalized spacial score (nSPS) is 11.3. The highest BCUT2D eigenvalue weighted by atomic mass is 16.5. The van der Waals surface area contributed by atoms with Crippen LogP contribution >= 0.6 is 0 Å². The summed E-state index contributed by atoms with van der Waals surface area (Å²) >= 11 is 0. The van der Waals surface area contributed by atoms with Crippen LogP contribution in [0.2, 0.25) is 0 Å². The quantitative estimate of drug-likeness (QED) is 0.417. The van der Waals surface area contributed by atoms with Gasteiger partial charge in [0.2, 0.25) is 0 Å². The second kappa shape index (κ2) is 7.84. The fourth-order valence-corrected chi connectivity index (χ4v) is 1.99. The van der Waals surface area contributed by atoms with Gasteiger partial charge < -0.3 is 9.47 Å². The third kappa shape index (κ3) is 4.35. The lowest BCUT2D eigenvalue weighted by Crippen LogP contribution is -2.08. The summed E-state index contributed by atoms with van der Waals surface area (Å²) in [5, 5.41) is 0. The minimum atomic E-state index is -0.457. The number of carbonyl (C=O) groups is 1. The first-order valence-corrected chi connectivity index (χ1v) is 6.99. The number of hydrogen-bond acceptors (Lipinski definition) is 3. The van der Waals surface area contributed by atoms with Gasteiger partial charge in [-0.2, -0.15) is 0 Å². The van der Waals surface area contributed by atoms with Gasteiger partial charge in [0.1, 0.15) is 17.6 Å². The smallest absolute Gasteiger partial charge is 0.330 e. The summed E-state index contributed by atoms with van der Waals surface area (Å²) in [5.41, 5.74) is 0.850. The maximum Gasteiger partial charge on any atom is 0.330 e. The number of rotatable bonds is 7. The molecule has 2 aromatic rings. The third-order valence-corrected chi connectivity index (χ3v) is 3.01. The standard InChI is InChI=1S/C19H18O3/c1-3-9-18(22-19(20)4-2)15-10-8-13-17(14-15)21-16-11-6-5-7-12-16/h3-8,10-14,18H,1-2,9H2/t18-/m1/s1. The molecule has 2 aromatic carbocycles. The predicted molar refractivity (Wildman–Crippen MR) is 86.8 cm³/mol. The van der Waals surface area contributed by atoms with Crippen molar-refractivity contribution in [3.63, 3.8) is 0 Å². The van der Waals surface area contributed by atoms with E-state index < -0.39 is 12.1 Å². The SMILES string of the molecule is C=CC[C@@H](OC(=O)C=C)c1cccc(Oc2ccccc2)c1. The Labute approximate surface area is 130 Å². The molecule has 0 aromatic heterocycles. The Morgan fingerprint density at radius 1 is 1.05 bits per heavy atom. The molecule has 0 aliphatic heterocycles. The lowest BCUT2D eigenvalue weighted by Gasteiger charge is -2.16. The molecule has 112 valence electrons. The van der Waals surface area contributed by atoms with E-state index in [0.717, 1.165) is 17.4 Å². The Bertz CT molecular complexity index is 647. The maximum atomic E-state index is 11.4. The average molecular weight is 294 g/mol. The van der Waals surface area contributed by atoms with Gasteiger partial charge in [0.15, 0.2) is 0 Å². The molecule has 0 unspecified atom stereocenters. The van der Waals surface area contributed by atoms with E-state index in [1.807, 2.05) is 54.6 Å². The van der Waals surface area contributed by atoms with Crippen molar-refractivity contribution in [3.05, 3.63) is 85.5 Å². The Balaban J connectivity index is 2.19. The molecule has 0 heterocycles. The van der Waals surface area contributed by atoms with Gasteiger partial charge in [-0.3, -0.25) is 0 Å². The number of hydrogen-bond donors (Lipinski definition) is 0. The Kier molecular flexibility index (Phi) is 5.55. The van der Waals surface area contributed by atoms with Crippen molar-refractivity contribution in [2.24, 2.45) is 0 Å². The van der Waals surface area contributed by atoms with E-state index in [1.165, 1.54) is 0 Å². The molecule has 0 saturated heterocycles. The van der Waals surface area contributed by atoms with Crippen LogP contribution in [-0.4, -0.2) is 5.97 Å². The lowest BCUT2D eigenvalue weighted by molar-refractivity contribution is -0.143. The molecule has 0 amide bonds. The van der Waals surface area contributed by atoms with Gasteiger partial charge in [-0.1, -0.05) is 43.0 Å². The molecule has 3 heteroatoms. The molecule has 22 heavy (non-hydrogen) atoms.